The van der Waals surface area contributed by atoms with Crippen LogP contribution in [0.2, 0.25) is 0 Å². The topological polar surface area (TPSA) is 50.2 Å². The van der Waals surface area contributed by atoms with E-state index in [1.807, 2.05) is 32.2 Å². The van der Waals surface area contributed by atoms with Crippen LogP contribution in [0.3, 0.4) is 0 Å². The molecule has 5 nitrogen and oxygen atoms in total. The molecule has 1 amide bonds. The molecule has 1 N–H and O–H groups in total. The molecule has 1 aliphatic heterocycles. The highest BCUT2D eigenvalue weighted by Crippen LogP contribution is 2.28. The molecule has 0 saturated carbocycles. The Kier molecular flexibility index (Phi) is 4.11. The highest BCUT2D eigenvalue weighted by molar-refractivity contribution is 5.97. The number of rotatable bonds is 4. The predicted molar refractivity (Wildman–Crippen MR) is 92.9 cm³/mol. The monoisotopic (exact) mass is 312 g/mol. The summed E-state index contributed by atoms with van der Waals surface area (Å²) in [6.45, 7) is 9.97. The lowest BCUT2D eigenvalue weighted by atomic mass is 9.98. The van der Waals surface area contributed by atoms with Crippen molar-refractivity contribution in [3.05, 3.63) is 41.7 Å². The number of amides is 1. The summed E-state index contributed by atoms with van der Waals surface area (Å²) in [4.78, 5) is 19.2. The van der Waals surface area contributed by atoms with Gasteiger partial charge in [-0.05, 0) is 30.9 Å². The van der Waals surface area contributed by atoms with Gasteiger partial charge in [-0.1, -0.05) is 32.0 Å². The number of benzene rings is 1. The molecule has 0 saturated heterocycles. The Morgan fingerprint density at radius 1 is 1.26 bits per heavy atom. The molecule has 122 valence electrons. The van der Waals surface area contributed by atoms with Crippen LogP contribution in [0.5, 0.6) is 0 Å². The van der Waals surface area contributed by atoms with E-state index in [0.29, 0.717) is 5.92 Å². The molecule has 1 aromatic heterocycles. The summed E-state index contributed by atoms with van der Waals surface area (Å²) < 4.78 is 2.08. The van der Waals surface area contributed by atoms with Gasteiger partial charge < -0.3 is 14.8 Å². The van der Waals surface area contributed by atoms with E-state index in [2.05, 4.69) is 39.7 Å². The van der Waals surface area contributed by atoms with Gasteiger partial charge >= 0.3 is 0 Å². The molecule has 3 rings (SSSR count). The average Bonchev–Trinajstić information content (AvgIpc) is 3.11. The van der Waals surface area contributed by atoms with Crippen LogP contribution in [-0.4, -0.2) is 28.0 Å². The molecule has 1 aliphatic rings. The predicted octanol–water partition coefficient (Wildman–Crippen LogP) is 3.16. The fourth-order valence-electron chi connectivity index (χ4n) is 3.13. The van der Waals surface area contributed by atoms with Crippen molar-refractivity contribution < 1.29 is 4.79 Å². The third-order valence-electron chi connectivity index (χ3n) is 4.55. The number of hydrogen-bond acceptors (Lipinski definition) is 3. The second kappa shape index (κ2) is 6.07. The van der Waals surface area contributed by atoms with E-state index in [4.69, 9.17) is 0 Å². The lowest BCUT2D eigenvalue weighted by Gasteiger charge is -2.25. The summed E-state index contributed by atoms with van der Waals surface area (Å²) in [7, 11) is 0. The van der Waals surface area contributed by atoms with E-state index < -0.39 is 0 Å². The maximum atomic E-state index is 12.8. The Labute approximate surface area is 137 Å². The number of anilines is 2. The first-order valence-electron chi connectivity index (χ1n) is 8.17. The molecule has 2 heterocycles. The largest absolute Gasteiger partial charge is 0.329 e. The number of hydrogen-bond donors (Lipinski definition) is 1. The molecule has 0 fully saturated rings. The summed E-state index contributed by atoms with van der Waals surface area (Å²) in [5.41, 5.74) is 3.22. The maximum absolute atomic E-state index is 12.8. The summed E-state index contributed by atoms with van der Waals surface area (Å²) in [6, 6.07) is 5.91. The van der Waals surface area contributed by atoms with Gasteiger partial charge in [0.25, 0.3) is 0 Å². The third-order valence-corrected chi connectivity index (χ3v) is 4.55. The fraction of sp³-hybridized carbons (Fsp3) is 0.444. The van der Waals surface area contributed by atoms with Gasteiger partial charge in [-0.2, -0.15) is 0 Å². The van der Waals surface area contributed by atoms with Crippen LogP contribution in [0.1, 0.15) is 37.8 Å². The molecular weight excluding hydrogens is 288 g/mol. The molecular formula is C18H24N4O. The number of nitrogens with one attached hydrogen (secondary N) is 1. The zero-order valence-corrected chi connectivity index (χ0v) is 14.2. The normalized spacial score (nSPS) is 14.9. The second-order valence-corrected chi connectivity index (χ2v) is 6.47. The van der Waals surface area contributed by atoms with Gasteiger partial charge in [-0.3, -0.25) is 4.79 Å². The number of carbonyl (C=O) groups is 1. The zero-order chi connectivity index (χ0) is 16.6. The second-order valence-electron chi connectivity index (χ2n) is 6.47. The van der Waals surface area contributed by atoms with Gasteiger partial charge in [-0.25, -0.2) is 4.98 Å². The Bertz CT molecular complexity index is 720. The van der Waals surface area contributed by atoms with E-state index in [1.54, 1.807) is 6.20 Å². The van der Waals surface area contributed by atoms with Crippen LogP contribution < -0.4 is 10.2 Å². The molecule has 1 atom stereocenters. The first-order valence-corrected chi connectivity index (χ1v) is 8.17. The van der Waals surface area contributed by atoms with Crippen molar-refractivity contribution in [2.75, 3.05) is 16.8 Å². The molecule has 2 aromatic rings. The standard InChI is InChI=1S/C18H24N4O/c1-12(2)15-7-5-6-13(3)16(15)20-17(23)14(4)22-11-10-21-9-8-19-18(21)22/h5-9,12,14H,10-11H2,1-4H3,(H,20,23). The van der Waals surface area contributed by atoms with Crippen molar-refractivity contribution in [1.29, 1.82) is 0 Å². The molecule has 0 radical (unpaired) electrons. The molecule has 1 unspecified atom stereocenters. The first kappa shape index (κ1) is 15.6. The minimum atomic E-state index is -0.252. The van der Waals surface area contributed by atoms with Gasteiger partial charge in [0.2, 0.25) is 11.9 Å². The number of fused-ring (bicyclic) bond motifs is 1. The average molecular weight is 312 g/mol. The Morgan fingerprint density at radius 3 is 2.78 bits per heavy atom. The minimum Gasteiger partial charge on any atom is -0.329 e. The molecule has 0 bridgehead atoms. The van der Waals surface area contributed by atoms with E-state index in [1.165, 1.54) is 5.56 Å². The maximum Gasteiger partial charge on any atom is 0.246 e. The van der Waals surface area contributed by atoms with E-state index >= 15 is 0 Å². The Morgan fingerprint density at radius 2 is 2.04 bits per heavy atom. The van der Waals surface area contributed by atoms with Crippen LogP contribution in [-0.2, 0) is 11.3 Å². The summed E-state index contributed by atoms with van der Waals surface area (Å²) in [5, 5.41) is 3.14. The fourth-order valence-corrected chi connectivity index (χ4v) is 3.13. The number of carbonyl (C=O) groups excluding carboxylic acids is 1. The van der Waals surface area contributed by atoms with Gasteiger partial charge in [0.05, 0.1) is 0 Å². The SMILES string of the molecule is Cc1cccc(C(C)C)c1NC(=O)C(C)N1CCn2ccnc21. The smallest absolute Gasteiger partial charge is 0.246 e. The summed E-state index contributed by atoms with van der Waals surface area (Å²) in [5.74, 6) is 1.25. The van der Waals surface area contributed by atoms with Crippen molar-refractivity contribution >= 4 is 17.5 Å². The van der Waals surface area contributed by atoms with E-state index in [0.717, 1.165) is 30.3 Å². The number of aromatic nitrogens is 2. The molecule has 23 heavy (non-hydrogen) atoms. The Hall–Kier alpha value is -2.30. The quantitative estimate of drug-likeness (QED) is 0.943. The van der Waals surface area contributed by atoms with Crippen molar-refractivity contribution in [2.24, 2.45) is 0 Å². The van der Waals surface area contributed by atoms with Crippen molar-refractivity contribution in [1.82, 2.24) is 9.55 Å². The van der Waals surface area contributed by atoms with Crippen LogP contribution in [0.15, 0.2) is 30.6 Å². The lowest BCUT2D eigenvalue weighted by Crippen LogP contribution is -2.41. The van der Waals surface area contributed by atoms with E-state index in [-0.39, 0.29) is 11.9 Å². The van der Waals surface area contributed by atoms with Crippen LogP contribution in [0.4, 0.5) is 11.6 Å². The molecule has 0 spiro atoms. The molecule has 5 heteroatoms. The Balaban J connectivity index is 1.80. The van der Waals surface area contributed by atoms with Crippen molar-refractivity contribution in [3.63, 3.8) is 0 Å². The van der Waals surface area contributed by atoms with Gasteiger partial charge in [0.1, 0.15) is 6.04 Å². The van der Waals surface area contributed by atoms with Crippen LogP contribution in [0, 0.1) is 6.92 Å². The van der Waals surface area contributed by atoms with Crippen LogP contribution >= 0.6 is 0 Å². The van der Waals surface area contributed by atoms with Crippen molar-refractivity contribution in [2.45, 2.75) is 46.2 Å². The molecule has 1 aromatic carbocycles. The third kappa shape index (κ3) is 2.83. The van der Waals surface area contributed by atoms with Gasteiger partial charge in [0.15, 0.2) is 0 Å². The zero-order valence-electron chi connectivity index (χ0n) is 14.2. The van der Waals surface area contributed by atoms with Gasteiger partial charge in [0, 0.05) is 31.2 Å². The number of aryl methyl sites for hydroxylation is 1. The first-order chi connectivity index (χ1) is 11.0. The van der Waals surface area contributed by atoms with Gasteiger partial charge in [-0.15, -0.1) is 0 Å². The summed E-state index contributed by atoms with van der Waals surface area (Å²) in [6.07, 6.45) is 3.74. The number of imidazole rings is 1. The number of nitrogens with zero attached hydrogens (tertiary/aromatic N) is 3. The minimum absolute atomic E-state index is 0.0117. The highest BCUT2D eigenvalue weighted by Gasteiger charge is 2.29. The van der Waals surface area contributed by atoms with Crippen LogP contribution in [0.25, 0.3) is 0 Å². The van der Waals surface area contributed by atoms with E-state index in [9.17, 15) is 4.79 Å². The highest BCUT2D eigenvalue weighted by atomic mass is 16.2. The number of para-hydroxylation sites is 1. The van der Waals surface area contributed by atoms with Crippen molar-refractivity contribution in [3.8, 4) is 0 Å². The summed E-state index contributed by atoms with van der Waals surface area (Å²) >= 11 is 0. The lowest BCUT2D eigenvalue weighted by molar-refractivity contribution is -0.117. The molecule has 0 aliphatic carbocycles.